The van der Waals surface area contributed by atoms with Crippen molar-refractivity contribution in [1.29, 1.82) is 0 Å². The van der Waals surface area contributed by atoms with Crippen LogP contribution in [0.3, 0.4) is 0 Å². The molecule has 1 atom stereocenters. The van der Waals surface area contributed by atoms with Crippen LogP contribution in [0.25, 0.3) is 10.2 Å². The van der Waals surface area contributed by atoms with Gasteiger partial charge in [0.25, 0.3) is 11.8 Å². The molecule has 0 aliphatic carbocycles. The third-order valence-corrected chi connectivity index (χ3v) is 7.50. The first kappa shape index (κ1) is 20.3. The van der Waals surface area contributed by atoms with Gasteiger partial charge in [-0.15, -0.1) is 11.3 Å². The number of imide groups is 1. The molecule has 0 bridgehead atoms. The van der Waals surface area contributed by atoms with Crippen LogP contribution in [0.5, 0.6) is 0 Å². The molecule has 3 amide bonds. The molecule has 1 aromatic heterocycles. The van der Waals surface area contributed by atoms with Crippen LogP contribution in [0.1, 0.15) is 57.4 Å². The van der Waals surface area contributed by atoms with E-state index in [9.17, 15) is 14.4 Å². The molecule has 0 N–H and O–H groups in total. The van der Waals surface area contributed by atoms with E-state index in [0.717, 1.165) is 39.1 Å². The highest BCUT2D eigenvalue weighted by Crippen LogP contribution is 2.37. The Kier molecular flexibility index (Phi) is 5.35. The van der Waals surface area contributed by atoms with Gasteiger partial charge < -0.3 is 4.90 Å². The van der Waals surface area contributed by atoms with Crippen LogP contribution in [-0.4, -0.2) is 45.6 Å². The first-order valence-corrected chi connectivity index (χ1v) is 11.9. The summed E-state index contributed by atoms with van der Waals surface area (Å²) in [6.45, 7) is 0.968. The van der Waals surface area contributed by atoms with E-state index in [2.05, 4.69) is 22.0 Å². The lowest BCUT2D eigenvalue weighted by molar-refractivity contribution is -0.132. The van der Waals surface area contributed by atoms with Gasteiger partial charge >= 0.3 is 0 Å². The largest absolute Gasteiger partial charge is 0.333 e. The maximum atomic E-state index is 13.0. The number of para-hydroxylation sites is 1. The van der Waals surface area contributed by atoms with Crippen molar-refractivity contribution in [2.75, 3.05) is 13.1 Å². The minimum absolute atomic E-state index is 0.0153. The summed E-state index contributed by atoms with van der Waals surface area (Å²) in [5.41, 5.74) is 1.81. The number of likely N-dealkylation sites (tertiary alicyclic amines) is 1. The Labute approximate surface area is 192 Å². The number of hydrogen-bond acceptors (Lipinski definition) is 5. The molecule has 2 aromatic carbocycles. The number of carbonyl (C=O) groups excluding carboxylic acids is 3. The number of amides is 3. The first-order chi connectivity index (χ1) is 15.0. The Hall–Kier alpha value is -2.58. The van der Waals surface area contributed by atoms with Gasteiger partial charge in [-0.05, 0) is 49.6 Å². The van der Waals surface area contributed by atoms with E-state index in [4.69, 9.17) is 4.98 Å². The highest BCUT2D eigenvalue weighted by molar-refractivity contribution is 9.10. The number of halogens is 1. The molecule has 1 fully saturated rings. The second kappa shape index (κ2) is 8.16. The third-order valence-electron chi connectivity index (χ3n) is 5.87. The molecular weight excluding hydrogens is 478 g/mol. The summed E-state index contributed by atoms with van der Waals surface area (Å²) >= 11 is 4.99. The van der Waals surface area contributed by atoms with E-state index in [1.165, 1.54) is 4.90 Å². The lowest BCUT2D eigenvalue weighted by atomic mass is 10.1. The number of nitrogens with zero attached hydrogens (tertiary/aromatic N) is 3. The van der Waals surface area contributed by atoms with Gasteiger partial charge in [0.15, 0.2) is 0 Å². The molecule has 3 heterocycles. The molecule has 1 saturated heterocycles. The average Bonchev–Trinajstić information content (AvgIpc) is 3.46. The molecule has 1 unspecified atom stereocenters. The Bertz CT molecular complexity index is 1170. The summed E-state index contributed by atoms with van der Waals surface area (Å²) in [6, 6.07) is 13.1. The summed E-state index contributed by atoms with van der Waals surface area (Å²) in [5.74, 6) is -0.517. The molecule has 158 valence electrons. The smallest absolute Gasteiger partial charge is 0.261 e. The number of hydrogen-bond donors (Lipinski definition) is 0. The minimum Gasteiger partial charge on any atom is -0.333 e. The van der Waals surface area contributed by atoms with Crippen LogP contribution in [0.15, 0.2) is 46.9 Å². The fourth-order valence-electron chi connectivity index (χ4n) is 4.35. The monoisotopic (exact) mass is 497 g/mol. The molecule has 6 nitrogen and oxygen atoms in total. The molecular formula is C23H20BrN3O3S. The van der Waals surface area contributed by atoms with E-state index in [0.29, 0.717) is 24.0 Å². The molecule has 3 aromatic rings. The fraction of sp³-hybridized carbons (Fsp3) is 0.304. The van der Waals surface area contributed by atoms with Crippen LogP contribution in [0.2, 0.25) is 0 Å². The van der Waals surface area contributed by atoms with Crippen LogP contribution in [-0.2, 0) is 4.79 Å². The lowest BCUT2D eigenvalue weighted by Crippen LogP contribution is -2.33. The summed E-state index contributed by atoms with van der Waals surface area (Å²) in [7, 11) is 0. The van der Waals surface area contributed by atoms with Crippen molar-refractivity contribution in [2.24, 2.45) is 0 Å². The molecule has 2 aliphatic rings. The Morgan fingerprint density at radius 1 is 1.13 bits per heavy atom. The Morgan fingerprint density at radius 3 is 2.77 bits per heavy atom. The van der Waals surface area contributed by atoms with Crippen LogP contribution in [0, 0.1) is 0 Å². The maximum Gasteiger partial charge on any atom is 0.261 e. The standard InChI is InChI=1S/C23H20BrN3O3S/c24-14-9-10-15-16(13-14)23(30)27(22(15)29)12-4-8-20(28)26-11-3-6-18(26)21-25-17-5-1-2-7-19(17)31-21/h1-2,5,7,9-10,13,18H,3-4,6,8,11-12H2. The van der Waals surface area contributed by atoms with Gasteiger partial charge in [0.2, 0.25) is 5.91 Å². The van der Waals surface area contributed by atoms with Crippen LogP contribution in [0.4, 0.5) is 0 Å². The van der Waals surface area contributed by atoms with Gasteiger partial charge in [0, 0.05) is 24.0 Å². The van der Waals surface area contributed by atoms with Crippen molar-refractivity contribution in [3.8, 4) is 0 Å². The van der Waals surface area contributed by atoms with Crippen molar-refractivity contribution >= 4 is 55.2 Å². The number of thiazole rings is 1. The Morgan fingerprint density at radius 2 is 1.94 bits per heavy atom. The van der Waals surface area contributed by atoms with Crippen molar-refractivity contribution < 1.29 is 14.4 Å². The molecule has 0 spiro atoms. The second-order valence-corrected chi connectivity index (χ2v) is 9.80. The van der Waals surface area contributed by atoms with Gasteiger partial charge in [-0.25, -0.2) is 4.98 Å². The molecule has 5 rings (SSSR count). The molecule has 8 heteroatoms. The van der Waals surface area contributed by atoms with E-state index in [-0.39, 0.29) is 30.3 Å². The molecule has 0 saturated carbocycles. The minimum atomic E-state index is -0.290. The number of aromatic nitrogens is 1. The summed E-state index contributed by atoms with van der Waals surface area (Å²) in [6.07, 6.45) is 2.63. The van der Waals surface area contributed by atoms with E-state index in [1.54, 1.807) is 29.5 Å². The zero-order valence-electron chi connectivity index (χ0n) is 16.7. The normalized spacial score (nSPS) is 18.3. The zero-order valence-corrected chi connectivity index (χ0v) is 19.1. The number of rotatable bonds is 5. The van der Waals surface area contributed by atoms with Crippen molar-refractivity contribution in [2.45, 2.75) is 31.7 Å². The van der Waals surface area contributed by atoms with Gasteiger partial charge in [-0.2, -0.15) is 0 Å². The first-order valence-electron chi connectivity index (χ1n) is 10.3. The SMILES string of the molecule is O=C1c2ccc(Br)cc2C(=O)N1CCCC(=O)N1CCCC1c1nc2ccccc2s1. The van der Waals surface area contributed by atoms with Gasteiger partial charge in [0.05, 0.1) is 27.4 Å². The van der Waals surface area contributed by atoms with Gasteiger partial charge in [0.1, 0.15) is 5.01 Å². The van der Waals surface area contributed by atoms with E-state index >= 15 is 0 Å². The van der Waals surface area contributed by atoms with Crippen LogP contribution >= 0.6 is 27.3 Å². The summed E-state index contributed by atoms with van der Waals surface area (Å²) in [4.78, 5) is 46.0. The highest BCUT2D eigenvalue weighted by atomic mass is 79.9. The summed E-state index contributed by atoms with van der Waals surface area (Å²) in [5, 5.41) is 0.984. The summed E-state index contributed by atoms with van der Waals surface area (Å²) < 4.78 is 1.90. The highest BCUT2D eigenvalue weighted by Gasteiger charge is 2.36. The topological polar surface area (TPSA) is 70.6 Å². The van der Waals surface area contributed by atoms with Gasteiger partial charge in [-0.1, -0.05) is 28.1 Å². The lowest BCUT2D eigenvalue weighted by Gasteiger charge is -2.23. The quantitative estimate of drug-likeness (QED) is 0.474. The average molecular weight is 498 g/mol. The number of fused-ring (bicyclic) bond motifs is 2. The fourth-order valence-corrected chi connectivity index (χ4v) is 5.83. The van der Waals surface area contributed by atoms with Crippen LogP contribution < -0.4 is 0 Å². The molecule has 31 heavy (non-hydrogen) atoms. The van der Waals surface area contributed by atoms with E-state index in [1.807, 2.05) is 23.1 Å². The van der Waals surface area contributed by atoms with Crippen molar-refractivity contribution in [3.63, 3.8) is 0 Å². The van der Waals surface area contributed by atoms with Gasteiger partial charge in [-0.3, -0.25) is 19.3 Å². The van der Waals surface area contributed by atoms with Crippen molar-refractivity contribution in [3.05, 3.63) is 63.1 Å². The third kappa shape index (κ3) is 3.68. The molecule has 2 aliphatic heterocycles. The number of benzene rings is 2. The second-order valence-electron chi connectivity index (χ2n) is 7.82. The van der Waals surface area contributed by atoms with Crippen molar-refractivity contribution in [1.82, 2.24) is 14.8 Å². The predicted molar refractivity (Wildman–Crippen MR) is 122 cm³/mol. The van der Waals surface area contributed by atoms with E-state index < -0.39 is 0 Å². The molecule has 0 radical (unpaired) electrons. The zero-order chi connectivity index (χ0) is 21.5. The Balaban J connectivity index is 1.22. The maximum absolute atomic E-state index is 13.0. The predicted octanol–water partition coefficient (Wildman–Crippen LogP) is 4.80. The number of carbonyl (C=O) groups is 3.